The van der Waals surface area contributed by atoms with Crippen LogP contribution >= 0.6 is 27.1 Å². The minimum absolute atomic E-state index is 0.120. The number of alkyl halides is 1. The third-order valence-electron chi connectivity index (χ3n) is 3.55. The topological polar surface area (TPSA) is 27.7 Å². The Morgan fingerprint density at radius 1 is 0.800 bits per heavy atom. The van der Waals surface area contributed by atoms with E-state index in [-0.39, 0.29) is 8.80 Å². The Balaban J connectivity index is -0.000000643. The zero-order valence-corrected chi connectivity index (χ0v) is 26.6. The van der Waals surface area contributed by atoms with Crippen LogP contribution in [0.3, 0.4) is 0 Å². The standard InChI is InChI=1S/C14H31BrO3Si.C3H9Si.BrH.U.H/c1-16-19(17-2,18-3)14-12-10-8-6-4-5-7-9-11-13-15;1-4(2)3;;;/h4-14H2,1-3H3;1-3H3;1H;;/q;;;+1;/p-1/i;;;;1+1. The first kappa shape index (κ1) is 29.5. The molecule has 0 atom stereocenters. The third-order valence-corrected chi connectivity index (χ3v) is 6.94. The molecule has 1 radical (unpaired) electrons. The predicted octanol–water partition coefficient (Wildman–Crippen LogP) is 6.72. The van der Waals surface area contributed by atoms with Gasteiger partial charge in [-0.15, -0.1) is 0 Å². The maximum absolute atomic E-state index is 6.33. The molecule has 0 bridgehead atoms. The van der Waals surface area contributed by atoms with Crippen LogP contribution in [-0.2, 0) is 13.3 Å². The van der Waals surface area contributed by atoms with Gasteiger partial charge in [0.2, 0.25) is 0 Å². The fourth-order valence-corrected chi connectivity index (χ4v) is 4.42. The summed E-state index contributed by atoms with van der Waals surface area (Å²) in [7, 11) is 2.87. The SMILES string of the molecule is CO[Si](CCCCCCCCCCCBr)(OC)OC.C[Si](C)C.[2H][U][Br]. The Labute approximate surface area is 193 Å². The summed E-state index contributed by atoms with van der Waals surface area (Å²) in [5, 5.41) is 1.15. The summed E-state index contributed by atoms with van der Waals surface area (Å²) in [5.41, 5.74) is 0. The van der Waals surface area contributed by atoms with E-state index in [2.05, 4.69) is 46.7 Å². The van der Waals surface area contributed by atoms with Gasteiger partial charge in [-0.2, -0.15) is 0 Å². The van der Waals surface area contributed by atoms with Gasteiger partial charge in [0.15, 0.2) is 0 Å². The Hall–Kier alpha value is 2.33. The predicted molar refractivity (Wildman–Crippen MR) is 121 cm³/mol. The van der Waals surface area contributed by atoms with Crippen LogP contribution in [0.4, 0.5) is 0 Å². The van der Waals surface area contributed by atoms with Crippen LogP contribution in [-0.4, -0.2) is 44.5 Å². The summed E-state index contributed by atoms with van der Waals surface area (Å²) in [6.45, 7) is 6.81. The molecule has 153 valence electrons. The average Bonchev–Trinajstić information content (AvgIpc) is 2.61. The molecule has 0 aromatic heterocycles. The summed E-state index contributed by atoms with van der Waals surface area (Å²) < 4.78 is 22.6. The van der Waals surface area contributed by atoms with Crippen molar-refractivity contribution in [3.63, 3.8) is 0 Å². The van der Waals surface area contributed by atoms with Crippen LogP contribution in [0.15, 0.2) is 0 Å². The van der Waals surface area contributed by atoms with Crippen molar-refractivity contribution in [2.24, 2.45) is 0 Å². The number of unbranched alkanes of at least 4 members (excludes halogenated alkanes) is 8. The monoisotopic (exact) mass is 746 g/mol. The Morgan fingerprint density at radius 2 is 1.08 bits per heavy atom. The van der Waals surface area contributed by atoms with Crippen LogP contribution in [0.25, 0.3) is 0 Å². The van der Waals surface area contributed by atoms with E-state index in [1.165, 1.54) is 51.4 Å². The van der Waals surface area contributed by atoms with Crippen molar-refractivity contribution in [1.29, 1.82) is 0.194 Å². The molecule has 25 heavy (non-hydrogen) atoms. The summed E-state index contributed by atoms with van der Waals surface area (Å²) in [6.07, 6.45) is 11.9. The van der Waals surface area contributed by atoms with Gasteiger partial charge in [-0.3, -0.25) is 0 Å². The molecule has 0 fully saturated rings. The van der Waals surface area contributed by atoms with Gasteiger partial charge in [0.1, 0.15) is 0 Å². The quantitative estimate of drug-likeness (QED) is 0.112. The van der Waals surface area contributed by atoms with Gasteiger partial charge in [-0.1, -0.05) is 80.5 Å². The van der Waals surface area contributed by atoms with Crippen molar-refractivity contribution in [2.75, 3.05) is 26.7 Å². The van der Waals surface area contributed by atoms with Gasteiger partial charge < -0.3 is 13.3 Å². The van der Waals surface area contributed by atoms with Crippen LogP contribution < -0.4 is 0 Å². The second-order valence-electron chi connectivity index (χ2n) is 6.42. The zero-order chi connectivity index (χ0) is 20.7. The first-order valence-electron chi connectivity index (χ1n) is 9.65. The third kappa shape index (κ3) is 26.3. The van der Waals surface area contributed by atoms with Gasteiger partial charge in [-0.05, 0) is 12.8 Å². The molecular weight excluding hydrogens is 706 g/mol. The van der Waals surface area contributed by atoms with Crippen molar-refractivity contribution in [1.82, 2.24) is 0 Å². The normalized spacial score (nSPS) is 11.0. The summed E-state index contributed by atoms with van der Waals surface area (Å²) in [4.78, 5) is 0. The fraction of sp³-hybridized carbons (Fsp3) is 1.00. The first-order valence-corrected chi connectivity index (χ1v) is 24.2. The molecule has 0 N–H and O–H groups in total. The molecular formula is C17H41Br2O3Si2U. The Morgan fingerprint density at radius 3 is 1.36 bits per heavy atom. The molecule has 0 aromatic rings. The van der Waals surface area contributed by atoms with E-state index >= 15 is 0 Å². The summed E-state index contributed by atoms with van der Waals surface area (Å²) in [6, 6.07) is 0.932. The van der Waals surface area contributed by atoms with Gasteiger partial charge in [0, 0.05) is 41.5 Å². The summed E-state index contributed by atoms with van der Waals surface area (Å²) >= 11 is 5.55. The van der Waals surface area contributed by atoms with Gasteiger partial charge in [0.05, 0.1) is 0 Å². The Bertz CT molecular complexity index is 245. The first-order chi connectivity index (χ1) is 12.4. The molecule has 0 aliphatic carbocycles. The van der Waals surface area contributed by atoms with Crippen molar-refractivity contribution in [2.45, 2.75) is 83.5 Å². The van der Waals surface area contributed by atoms with Crippen LogP contribution in [0.5, 0.6) is 0 Å². The maximum atomic E-state index is 6.33. The summed E-state index contributed by atoms with van der Waals surface area (Å²) in [5.74, 6) is 0. The van der Waals surface area contributed by atoms with Crippen LogP contribution in [0, 0.1) is 26.6 Å². The van der Waals surface area contributed by atoms with Gasteiger partial charge >= 0.3 is 46.7 Å². The van der Waals surface area contributed by atoms with Crippen molar-refractivity contribution >= 4 is 44.7 Å². The molecule has 3 nitrogen and oxygen atoms in total. The molecule has 0 rings (SSSR count). The van der Waals surface area contributed by atoms with Gasteiger partial charge in [-0.25, -0.2) is 0 Å². The Kier molecular flexibility index (Phi) is 31.1. The molecule has 0 heterocycles. The molecule has 0 aliphatic rings. The second-order valence-corrected chi connectivity index (χ2v) is 13.3. The van der Waals surface area contributed by atoms with Crippen LogP contribution in [0.1, 0.15) is 57.8 Å². The van der Waals surface area contributed by atoms with Crippen molar-refractivity contribution in [3.8, 4) is 0 Å². The fourth-order valence-electron chi connectivity index (χ4n) is 2.23. The molecule has 0 saturated heterocycles. The van der Waals surface area contributed by atoms with Crippen LogP contribution in [0.2, 0.25) is 25.7 Å². The molecule has 0 saturated carbocycles. The van der Waals surface area contributed by atoms with E-state index in [0.717, 1.165) is 17.8 Å². The number of hydrogen-bond acceptors (Lipinski definition) is 3. The van der Waals surface area contributed by atoms with E-state index in [9.17, 15) is 0 Å². The molecule has 0 spiro atoms. The van der Waals surface area contributed by atoms with E-state index < -0.39 is 35.4 Å². The number of halogens is 2. The minimum atomic E-state index is -2.31. The number of hydrogen-bond donors (Lipinski definition) is 0. The molecule has 0 amide bonds. The van der Waals surface area contributed by atoms with E-state index in [1.54, 1.807) is 21.3 Å². The van der Waals surface area contributed by atoms with Crippen molar-refractivity contribution in [3.05, 3.63) is 0 Å². The molecule has 8 heteroatoms. The van der Waals surface area contributed by atoms with Crippen molar-refractivity contribution < 1.29 is 39.8 Å². The van der Waals surface area contributed by atoms with E-state index in [1.807, 2.05) is 0 Å². The van der Waals surface area contributed by atoms with Gasteiger partial charge in [0.25, 0.3) is 0 Å². The molecule has 0 aromatic carbocycles. The van der Waals surface area contributed by atoms with E-state index in [0.29, 0.717) is 0 Å². The van der Waals surface area contributed by atoms with E-state index in [4.69, 9.17) is 13.5 Å². The molecule has 0 unspecified atom stereocenters. The number of rotatable bonds is 14. The second kappa shape index (κ2) is 26.3. The molecule has 0 aliphatic heterocycles. The zero-order valence-electron chi connectivity index (χ0n) is 18.3. The average molecular weight is 749 g/mol.